The van der Waals surface area contributed by atoms with E-state index in [1.165, 1.54) is 0 Å². The third-order valence-corrected chi connectivity index (χ3v) is 3.42. The Hall–Kier alpha value is -1.06. The van der Waals surface area contributed by atoms with Gasteiger partial charge in [0.25, 0.3) is 0 Å². The fourth-order valence-corrected chi connectivity index (χ4v) is 2.07. The third-order valence-electron chi connectivity index (χ3n) is 3.08. The Morgan fingerprint density at radius 2 is 2.25 bits per heavy atom. The minimum Gasteiger partial charge on any atom is -0.360 e. The maximum atomic E-state index is 6.21. The van der Waals surface area contributed by atoms with E-state index in [0.29, 0.717) is 5.92 Å². The van der Waals surface area contributed by atoms with Crippen molar-refractivity contribution in [2.45, 2.75) is 33.2 Å². The van der Waals surface area contributed by atoms with Gasteiger partial charge >= 0.3 is 0 Å². The van der Waals surface area contributed by atoms with Gasteiger partial charge < -0.3 is 10.2 Å². The summed E-state index contributed by atoms with van der Waals surface area (Å²) in [5, 5.41) is 4.14. The number of aromatic nitrogens is 1. The Balaban J connectivity index is 2.62. The van der Waals surface area contributed by atoms with Gasteiger partial charge in [0.1, 0.15) is 5.82 Å². The molecule has 0 aliphatic carbocycles. The molecule has 0 saturated carbocycles. The van der Waals surface area contributed by atoms with Crippen LogP contribution in [0.3, 0.4) is 0 Å². The van der Waals surface area contributed by atoms with Gasteiger partial charge in [-0.2, -0.15) is 0 Å². The molecule has 20 heavy (non-hydrogen) atoms. The Kier molecular flexibility index (Phi) is 7.63. The summed E-state index contributed by atoms with van der Waals surface area (Å²) in [5.41, 5.74) is 1.10. The van der Waals surface area contributed by atoms with Crippen molar-refractivity contribution in [2.75, 3.05) is 25.0 Å². The first kappa shape index (κ1) is 17.0. The molecule has 0 radical (unpaired) electrons. The quantitative estimate of drug-likeness (QED) is 0.553. The van der Waals surface area contributed by atoms with E-state index in [-0.39, 0.29) is 0 Å². The van der Waals surface area contributed by atoms with Gasteiger partial charge in [0.2, 0.25) is 0 Å². The van der Waals surface area contributed by atoms with Crippen molar-refractivity contribution in [2.24, 2.45) is 5.92 Å². The number of anilines is 1. The fourth-order valence-electron chi connectivity index (χ4n) is 1.89. The third kappa shape index (κ3) is 5.93. The van der Waals surface area contributed by atoms with E-state index < -0.39 is 0 Å². The van der Waals surface area contributed by atoms with Crippen LogP contribution in [0.15, 0.2) is 24.9 Å². The van der Waals surface area contributed by atoms with Crippen molar-refractivity contribution in [3.05, 3.63) is 35.5 Å². The SMILES string of the molecule is C=CCCCN(C)c1cc(CNCC(C)C)c(Cl)cn1. The van der Waals surface area contributed by atoms with Crippen LogP contribution in [0, 0.1) is 5.92 Å². The van der Waals surface area contributed by atoms with Gasteiger partial charge in [0.05, 0.1) is 5.02 Å². The predicted molar refractivity (Wildman–Crippen MR) is 88.5 cm³/mol. The highest BCUT2D eigenvalue weighted by Gasteiger charge is 2.07. The second-order valence-electron chi connectivity index (χ2n) is 5.51. The summed E-state index contributed by atoms with van der Waals surface area (Å²) in [4.78, 5) is 6.56. The van der Waals surface area contributed by atoms with Crippen LogP contribution in [0.1, 0.15) is 32.3 Å². The first-order chi connectivity index (χ1) is 9.54. The van der Waals surface area contributed by atoms with Crippen LogP contribution in [0.2, 0.25) is 5.02 Å². The van der Waals surface area contributed by atoms with Crippen molar-refractivity contribution >= 4 is 17.4 Å². The highest BCUT2D eigenvalue weighted by Crippen LogP contribution is 2.20. The van der Waals surface area contributed by atoms with Crippen LogP contribution >= 0.6 is 11.6 Å². The first-order valence-electron chi connectivity index (χ1n) is 7.21. The van der Waals surface area contributed by atoms with Crippen LogP contribution in [0.25, 0.3) is 0 Å². The summed E-state index contributed by atoms with van der Waals surface area (Å²) in [6.45, 7) is 10.9. The number of nitrogens with one attached hydrogen (secondary N) is 1. The molecule has 0 spiro atoms. The number of unbranched alkanes of at least 4 members (excludes halogenated alkanes) is 1. The van der Waals surface area contributed by atoms with Crippen molar-refractivity contribution in [1.82, 2.24) is 10.3 Å². The minimum absolute atomic E-state index is 0.636. The lowest BCUT2D eigenvalue weighted by Gasteiger charge is -2.19. The molecule has 1 N–H and O–H groups in total. The number of hydrogen-bond donors (Lipinski definition) is 1. The van der Waals surface area contributed by atoms with Gasteiger partial charge in [-0.3, -0.25) is 0 Å². The van der Waals surface area contributed by atoms with Crippen LogP contribution < -0.4 is 10.2 Å². The average Bonchev–Trinajstić information content (AvgIpc) is 2.40. The summed E-state index contributed by atoms with van der Waals surface area (Å²) in [5.74, 6) is 1.61. The van der Waals surface area contributed by atoms with Crippen molar-refractivity contribution in [3.8, 4) is 0 Å². The number of hydrogen-bond acceptors (Lipinski definition) is 3. The largest absolute Gasteiger partial charge is 0.360 e. The van der Waals surface area contributed by atoms with Crippen molar-refractivity contribution in [1.29, 1.82) is 0 Å². The fraction of sp³-hybridized carbons (Fsp3) is 0.562. The van der Waals surface area contributed by atoms with E-state index >= 15 is 0 Å². The highest BCUT2D eigenvalue weighted by molar-refractivity contribution is 6.31. The van der Waals surface area contributed by atoms with Crippen LogP contribution in [0.4, 0.5) is 5.82 Å². The Bertz CT molecular complexity index is 418. The summed E-state index contributed by atoms with van der Waals surface area (Å²) in [6.07, 6.45) is 5.81. The standard InChI is InChI=1S/C16H26ClN3/c1-5-6-7-8-20(4)16-9-14(15(17)12-19-16)11-18-10-13(2)3/h5,9,12-13,18H,1,6-8,10-11H2,2-4H3. The van der Waals surface area contributed by atoms with E-state index in [1.54, 1.807) is 6.20 Å². The zero-order valence-electron chi connectivity index (χ0n) is 12.8. The monoisotopic (exact) mass is 295 g/mol. The second-order valence-corrected chi connectivity index (χ2v) is 5.92. The van der Waals surface area contributed by atoms with Crippen LogP contribution in [-0.4, -0.2) is 25.1 Å². The molecule has 0 fully saturated rings. The van der Waals surface area contributed by atoms with Crippen LogP contribution in [-0.2, 0) is 6.54 Å². The lowest BCUT2D eigenvalue weighted by atomic mass is 10.2. The second kappa shape index (κ2) is 8.98. The van der Waals surface area contributed by atoms with Gasteiger partial charge in [-0.1, -0.05) is 31.5 Å². The van der Waals surface area contributed by atoms with Gasteiger partial charge in [-0.05, 0) is 36.9 Å². The Morgan fingerprint density at radius 3 is 2.90 bits per heavy atom. The Labute approximate surface area is 128 Å². The van der Waals surface area contributed by atoms with Gasteiger partial charge in [0, 0.05) is 26.3 Å². The van der Waals surface area contributed by atoms with E-state index in [4.69, 9.17) is 11.6 Å². The zero-order chi connectivity index (χ0) is 15.0. The molecule has 0 unspecified atom stereocenters. The maximum absolute atomic E-state index is 6.21. The van der Waals surface area contributed by atoms with E-state index in [0.717, 1.165) is 48.9 Å². The number of allylic oxidation sites excluding steroid dienone is 1. The molecule has 1 heterocycles. The molecule has 1 aromatic rings. The topological polar surface area (TPSA) is 28.2 Å². The molecule has 0 aromatic carbocycles. The lowest BCUT2D eigenvalue weighted by Crippen LogP contribution is -2.21. The number of halogens is 1. The first-order valence-corrected chi connectivity index (χ1v) is 7.59. The smallest absolute Gasteiger partial charge is 0.128 e. The molecule has 0 aliphatic rings. The maximum Gasteiger partial charge on any atom is 0.128 e. The summed E-state index contributed by atoms with van der Waals surface area (Å²) >= 11 is 6.21. The van der Waals surface area contributed by atoms with Gasteiger partial charge in [-0.25, -0.2) is 4.98 Å². The van der Waals surface area contributed by atoms with Crippen LogP contribution in [0.5, 0.6) is 0 Å². The molecule has 0 atom stereocenters. The molecule has 112 valence electrons. The zero-order valence-corrected chi connectivity index (χ0v) is 13.6. The lowest BCUT2D eigenvalue weighted by molar-refractivity contribution is 0.552. The predicted octanol–water partition coefficient (Wildman–Crippen LogP) is 3.88. The summed E-state index contributed by atoms with van der Waals surface area (Å²) in [6, 6.07) is 2.07. The molecular formula is C16H26ClN3. The average molecular weight is 296 g/mol. The minimum atomic E-state index is 0.636. The van der Waals surface area contributed by atoms with Crippen molar-refractivity contribution < 1.29 is 0 Å². The molecule has 0 saturated heterocycles. The summed E-state index contributed by atoms with van der Waals surface area (Å²) in [7, 11) is 2.06. The van der Waals surface area contributed by atoms with Gasteiger partial charge in [0.15, 0.2) is 0 Å². The number of nitrogens with zero attached hydrogens (tertiary/aromatic N) is 2. The molecule has 0 amide bonds. The molecule has 0 bridgehead atoms. The molecule has 0 aliphatic heterocycles. The number of pyridine rings is 1. The Morgan fingerprint density at radius 1 is 1.50 bits per heavy atom. The van der Waals surface area contributed by atoms with E-state index in [2.05, 4.69) is 48.7 Å². The molecule has 1 rings (SSSR count). The molecule has 4 heteroatoms. The molecular weight excluding hydrogens is 270 g/mol. The van der Waals surface area contributed by atoms with E-state index in [1.807, 2.05) is 6.08 Å². The van der Waals surface area contributed by atoms with E-state index in [9.17, 15) is 0 Å². The van der Waals surface area contributed by atoms with Crippen molar-refractivity contribution in [3.63, 3.8) is 0 Å². The van der Waals surface area contributed by atoms with Gasteiger partial charge in [-0.15, -0.1) is 6.58 Å². The highest BCUT2D eigenvalue weighted by atomic mass is 35.5. The normalized spacial score (nSPS) is 10.8. The molecule has 3 nitrogen and oxygen atoms in total. The number of rotatable bonds is 9. The summed E-state index contributed by atoms with van der Waals surface area (Å²) < 4.78 is 0. The molecule has 1 aromatic heterocycles.